The second kappa shape index (κ2) is 7.69. The van der Waals surface area contributed by atoms with Crippen LogP contribution in [0.2, 0.25) is 0 Å². The van der Waals surface area contributed by atoms with Gasteiger partial charge in [0, 0.05) is 10.7 Å². The van der Waals surface area contributed by atoms with Crippen molar-refractivity contribution in [3.8, 4) is 0 Å². The Kier molecular flexibility index (Phi) is 5.52. The monoisotopic (exact) mass is 451 g/mol. The van der Waals surface area contributed by atoms with E-state index in [9.17, 15) is 13.2 Å². The third-order valence-corrected chi connectivity index (χ3v) is 5.66. The maximum Gasteiger partial charge on any atom is 0.312 e. The molecule has 142 valence electrons. The molecule has 0 bridgehead atoms. The van der Waals surface area contributed by atoms with Crippen molar-refractivity contribution in [3.63, 3.8) is 0 Å². The van der Waals surface area contributed by atoms with Crippen molar-refractivity contribution in [2.75, 3.05) is 11.3 Å². The maximum atomic E-state index is 12.8. The van der Waals surface area contributed by atoms with Gasteiger partial charge in [0.2, 0.25) is 0 Å². The van der Waals surface area contributed by atoms with Gasteiger partial charge in [-0.3, -0.25) is 13.9 Å². The predicted molar refractivity (Wildman–Crippen MR) is 105 cm³/mol. The number of rotatable bonds is 6. The Morgan fingerprint density at radius 1 is 1.22 bits per heavy atom. The molecule has 0 saturated heterocycles. The van der Waals surface area contributed by atoms with Crippen LogP contribution in [0.25, 0.3) is 5.65 Å². The first-order chi connectivity index (χ1) is 12.8. The first-order valence-corrected chi connectivity index (χ1v) is 10.5. The minimum atomic E-state index is -3.85. The minimum Gasteiger partial charge on any atom is -0.466 e. The smallest absolute Gasteiger partial charge is 0.312 e. The Labute approximate surface area is 165 Å². The zero-order valence-electron chi connectivity index (χ0n) is 14.8. The molecule has 0 amide bonds. The SMILES string of the molecule is CCOC(=O)Cc1nc2ccc(Br)cn2c1NS(=O)(=O)c1ccc(C)cc1. The molecule has 0 fully saturated rings. The van der Waals surface area contributed by atoms with Gasteiger partial charge in [0.05, 0.1) is 23.6 Å². The van der Waals surface area contributed by atoms with Crippen molar-refractivity contribution in [1.29, 1.82) is 0 Å². The Bertz CT molecular complexity index is 1090. The Hall–Kier alpha value is -2.39. The fourth-order valence-corrected chi connectivity index (χ4v) is 3.97. The van der Waals surface area contributed by atoms with Crippen LogP contribution in [0.15, 0.2) is 52.0 Å². The molecule has 0 spiro atoms. The third-order valence-electron chi connectivity index (χ3n) is 3.83. The molecule has 0 aliphatic carbocycles. The number of benzene rings is 1. The molecule has 0 radical (unpaired) electrons. The van der Waals surface area contributed by atoms with E-state index in [1.807, 2.05) is 6.92 Å². The quantitative estimate of drug-likeness (QED) is 0.580. The highest BCUT2D eigenvalue weighted by Crippen LogP contribution is 2.25. The fourth-order valence-electron chi connectivity index (χ4n) is 2.55. The summed E-state index contributed by atoms with van der Waals surface area (Å²) in [4.78, 5) is 16.4. The first-order valence-electron chi connectivity index (χ1n) is 8.22. The minimum absolute atomic E-state index is 0.125. The molecular weight excluding hydrogens is 434 g/mol. The number of hydrogen-bond acceptors (Lipinski definition) is 5. The van der Waals surface area contributed by atoms with E-state index in [0.717, 1.165) is 10.0 Å². The van der Waals surface area contributed by atoms with E-state index in [0.29, 0.717) is 11.3 Å². The summed E-state index contributed by atoms with van der Waals surface area (Å²) in [7, 11) is -3.85. The summed E-state index contributed by atoms with van der Waals surface area (Å²) in [5, 5.41) is 0. The van der Waals surface area contributed by atoms with Crippen LogP contribution in [0.4, 0.5) is 5.82 Å². The molecule has 0 atom stereocenters. The molecule has 1 N–H and O–H groups in total. The number of fused-ring (bicyclic) bond motifs is 1. The van der Waals surface area contributed by atoms with Gasteiger partial charge in [0.25, 0.3) is 10.0 Å². The molecule has 0 aliphatic heterocycles. The molecule has 27 heavy (non-hydrogen) atoms. The number of hydrogen-bond donors (Lipinski definition) is 1. The number of sulfonamides is 1. The number of imidazole rings is 1. The predicted octanol–water partition coefficient (Wildman–Crippen LogP) is 3.31. The van der Waals surface area contributed by atoms with Gasteiger partial charge in [-0.2, -0.15) is 0 Å². The molecule has 3 rings (SSSR count). The molecule has 0 unspecified atom stereocenters. The van der Waals surface area contributed by atoms with E-state index in [-0.39, 0.29) is 23.7 Å². The van der Waals surface area contributed by atoms with Gasteiger partial charge < -0.3 is 4.74 Å². The van der Waals surface area contributed by atoms with E-state index in [1.54, 1.807) is 41.8 Å². The number of esters is 1. The zero-order valence-corrected chi connectivity index (χ0v) is 17.2. The Morgan fingerprint density at radius 2 is 1.93 bits per heavy atom. The van der Waals surface area contributed by atoms with Crippen LogP contribution in [0.3, 0.4) is 0 Å². The van der Waals surface area contributed by atoms with Crippen molar-refractivity contribution in [2.45, 2.75) is 25.2 Å². The van der Waals surface area contributed by atoms with Gasteiger partial charge in [-0.25, -0.2) is 13.4 Å². The number of anilines is 1. The number of carbonyl (C=O) groups is 1. The van der Waals surface area contributed by atoms with Crippen LogP contribution in [-0.4, -0.2) is 30.4 Å². The lowest BCUT2D eigenvalue weighted by Gasteiger charge is -2.10. The maximum absolute atomic E-state index is 12.8. The van der Waals surface area contributed by atoms with E-state index in [4.69, 9.17) is 4.74 Å². The number of ether oxygens (including phenoxy) is 1. The molecule has 2 heterocycles. The number of aromatic nitrogens is 2. The molecular formula is C18H18BrN3O4S. The van der Waals surface area contributed by atoms with Crippen LogP contribution in [0.5, 0.6) is 0 Å². The van der Waals surface area contributed by atoms with Gasteiger partial charge in [-0.15, -0.1) is 0 Å². The molecule has 1 aromatic carbocycles. The van der Waals surface area contributed by atoms with E-state index < -0.39 is 16.0 Å². The highest BCUT2D eigenvalue weighted by molar-refractivity contribution is 9.10. The van der Waals surface area contributed by atoms with Crippen LogP contribution in [0.1, 0.15) is 18.2 Å². The van der Waals surface area contributed by atoms with Crippen LogP contribution in [0, 0.1) is 6.92 Å². The summed E-state index contributed by atoms with van der Waals surface area (Å²) in [6, 6.07) is 10.0. The lowest BCUT2D eigenvalue weighted by Crippen LogP contribution is -2.17. The summed E-state index contributed by atoms with van der Waals surface area (Å²) in [5.74, 6) is -0.268. The fraction of sp³-hybridized carbons (Fsp3) is 0.222. The number of nitrogens with one attached hydrogen (secondary N) is 1. The summed E-state index contributed by atoms with van der Waals surface area (Å²) in [6.45, 7) is 3.82. The molecule has 7 nitrogen and oxygen atoms in total. The van der Waals surface area contributed by atoms with Crippen LogP contribution >= 0.6 is 15.9 Å². The van der Waals surface area contributed by atoms with Crippen molar-refractivity contribution in [2.24, 2.45) is 0 Å². The zero-order chi connectivity index (χ0) is 19.6. The normalized spacial score (nSPS) is 11.5. The van der Waals surface area contributed by atoms with Crippen molar-refractivity contribution < 1.29 is 17.9 Å². The number of halogens is 1. The molecule has 2 aromatic heterocycles. The number of pyridine rings is 1. The molecule has 9 heteroatoms. The first kappa shape index (κ1) is 19.4. The van der Waals surface area contributed by atoms with E-state index in [2.05, 4.69) is 25.6 Å². The Morgan fingerprint density at radius 3 is 2.59 bits per heavy atom. The van der Waals surface area contributed by atoms with Gasteiger partial charge in [-0.05, 0) is 54.0 Å². The lowest BCUT2D eigenvalue weighted by molar-refractivity contribution is -0.142. The van der Waals surface area contributed by atoms with Crippen molar-refractivity contribution in [3.05, 3.63) is 58.3 Å². The summed E-state index contributed by atoms with van der Waals surface area (Å²) in [5.41, 5.74) is 1.76. The van der Waals surface area contributed by atoms with Crippen molar-refractivity contribution >= 4 is 43.4 Å². The average molecular weight is 452 g/mol. The van der Waals surface area contributed by atoms with Crippen LogP contribution in [-0.2, 0) is 26.0 Å². The number of nitrogens with zero attached hydrogens (tertiary/aromatic N) is 2. The second-order valence-electron chi connectivity index (χ2n) is 5.88. The molecule has 0 saturated carbocycles. The largest absolute Gasteiger partial charge is 0.466 e. The average Bonchev–Trinajstić information content (AvgIpc) is 2.92. The third kappa shape index (κ3) is 4.30. The number of aryl methyl sites for hydroxylation is 1. The van der Waals surface area contributed by atoms with E-state index in [1.165, 1.54) is 12.1 Å². The van der Waals surface area contributed by atoms with Gasteiger partial charge in [-0.1, -0.05) is 17.7 Å². The van der Waals surface area contributed by atoms with Crippen LogP contribution < -0.4 is 4.72 Å². The van der Waals surface area contributed by atoms with Gasteiger partial charge >= 0.3 is 5.97 Å². The van der Waals surface area contributed by atoms with Gasteiger partial charge in [0.1, 0.15) is 11.5 Å². The summed E-state index contributed by atoms with van der Waals surface area (Å²) < 4.78 is 35.5. The highest BCUT2D eigenvalue weighted by Gasteiger charge is 2.22. The summed E-state index contributed by atoms with van der Waals surface area (Å²) in [6.07, 6.45) is 1.54. The number of carbonyl (C=O) groups excluding carboxylic acids is 1. The highest BCUT2D eigenvalue weighted by atomic mass is 79.9. The standard InChI is InChI=1S/C18H18BrN3O4S/c1-3-26-17(23)10-15-18(22-11-13(19)6-9-16(22)20-15)21-27(24,25)14-7-4-12(2)5-8-14/h4-9,11,21H,3,10H2,1-2H3. The summed E-state index contributed by atoms with van der Waals surface area (Å²) >= 11 is 3.37. The van der Waals surface area contributed by atoms with Crippen molar-refractivity contribution in [1.82, 2.24) is 9.38 Å². The van der Waals surface area contributed by atoms with Gasteiger partial charge in [0.15, 0.2) is 0 Å². The van der Waals surface area contributed by atoms with E-state index >= 15 is 0 Å². The molecule has 3 aromatic rings. The topological polar surface area (TPSA) is 89.8 Å². The second-order valence-corrected chi connectivity index (χ2v) is 8.48. The lowest BCUT2D eigenvalue weighted by atomic mass is 10.2. The Balaban J connectivity index is 2.06. The molecule has 0 aliphatic rings.